The van der Waals surface area contributed by atoms with Crippen molar-refractivity contribution in [3.05, 3.63) is 46.3 Å². The molecule has 1 aliphatic rings. The summed E-state index contributed by atoms with van der Waals surface area (Å²) in [5.74, 6) is -0.188. The van der Waals surface area contributed by atoms with Gasteiger partial charge in [-0.15, -0.1) is 0 Å². The number of nitrogens with one attached hydrogen (secondary N) is 1. The molecule has 7 heteroatoms. The fraction of sp³-hybridized carbons (Fsp3) is 0.500. The quantitative estimate of drug-likeness (QED) is 0.801. The number of carbonyl (C=O) groups is 1. The number of aryl methyl sites for hydroxylation is 2. The molecule has 3 rings (SSSR count). The third kappa shape index (κ3) is 3.92. The second-order valence-corrected chi connectivity index (χ2v) is 9.47. The zero-order valence-corrected chi connectivity index (χ0v) is 18.8. The predicted molar refractivity (Wildman–Crippen MR) is 116 cm³/mol. The zero-order valence-electron chi connectivity index (χ0n) is 18.0. The number of para-hydroxylation sites is 1. The van der Waals surface area contributed by atoms with Crippen molar-refractivity contribution in [3.8, 4) is 0 Å². The van der Waals surface area contributed by atoms with E-state index >= 15 is 0 Å². The lowest BCUT2D eigenvalue weighted by Gasteiger charge is -2.27. The monoisotopic (exact) mass is 417 g/mol. The first-order chi connectivity index (χ1) is 13.7. The van der Waals surface area contributed by atoms with Gasteiger partial charge in [-0.2, -0.15) is 0 Å². The van der Waals surface area contributed by atoms with Gasteiger partial charge in [-0.05, 0) is 57.6 Å². The minimum atomic E-state index is -3.93. The number of rotatable bonds is 5. The summed E-state index contributed by atoms with van der Waals surface area (Å²) in [4.78, 5) is 15.2. The van der Waals surface area contributed by atoms with Crippen molar-refractivity contribution >= 4 is 21.6 Å². The second kappa shape index (κ2) is 8.22. The Bertz CT molecular complexity index is 1030. The molecule has 0 bridgehead atoms. The molecule has 0 spiro atoms. The van der Waals surface area contributed by atoms with E-state index in [1.807, 2.05) is 46.0 Å². The van der Waals surface area contributed by atoms with Crippen molar-refractivity contribution in [1.29, 1.82) is 0 Å². The van der Waals surface area contributed by atoms with Crippen LogP contribution in [0.3, 0.4) is 0 Å². The average molecular weight is 418 g/mol. The number of amides is 1. The van der Waals surface area contributed by atoms with E-state index in [-0.39, 0.29) is 10.8 Å². The lowest BCUT2D eigenvalue weighted by atomic mass is 10.1. The van der Waals surface area contributed by atoms with Crippen LogP contribution in [0.15, 0.2) is 23.1 Å². The first kappa shape index (κ1) is 21.4. The number of nitrogens with zero attached hydrogens (tertiary/aromatic N) is 2. The van der Waals surface area contributed by atoms with Crippen LogP contribution in [0, 0.1) is 20.8 Å². The Morgan fingerprint density at radius 2 is 1.72 bits per heavy atom. The van der Waals surface area contributed by atoms with Crippen molar-refractivity contribution in [3.63, 3.8) is 0 Å². The van der Waals surface area contributed by atoms with Crippen molar-refractivity contribution in [2.24, 2.45) is 7.05 Å². The van der Waals surface area contributed by atoms with Crippen LogP contribution in [0.2, 0.25) is 0 Å². The van der Waals surface area contributed by atoms with E-state index in [1.54, 1.807) is 16.4 Å². The molecule has 1 amide bonds. The molecule has 1 aromatic carbocycles. The fourth-order valence-electron chi connectivity index (χ4n) is 4.11. The van der Waals surface area contributed by atoms with Gasteiger partial charge in [0.15, 0.2) is 0 Å². The number of aromatic nitrogens is 1. The third-order valence-corrected chi connectivity index (χ3v) is 7.54. The molecule has 0 aliphatic carbocycles. The minimum Gasteiger partial charge on any atom is -0.350 e. The highest BCUT2D eigenvalue weighted by molar-refractivity contribution is 7.92. The molecule has 1 aliphatic heterocycles. The number of benzene rings is 1. The van der Waals surface area contributed by atoms with Crippen molar-refractivity contribution in [2.75, 3.05) is 17.8 Å². The van der Waals surface area contributed by atoms with Gasteiger partial charge < -0.3 is 9.47 Å². The Kier molecular flexibility index (Phi) is 6.08. The first-order valence-electron chi connectivity index (χ1n) is 10.3. The van der Waals surface area contributed by atoms with Gasteiger partial charge in [-0.1, -0.05) is 25.1 Å². The van der Waals surface area contributed by atoms with E-state index in [4.69, 9.17) is 0 Å². The van der Waals surface area contributed by atoms with E-state index in [1.165, 1.54) is 0 Å². The van der Waals surface area contributed by atoms with Crippen LogP contribution < -0.4 is 4.72 Å². The standard InChI is InChI=1S/C22H31N3O3S/c1-6-18-12-10-11-15(2)20(18)23-29(27,28)21-17(4)24(5)16(3)19(21)22(26)25-13-8-7-9-14-25/h10-12,23H,6-9,13-14H2,1-5H3. The molecule has 6 nitrogen and oxygen atoms in total. The predicted octanol–water partition coefficient (Wildman–Crippen LogP) is 3.94. The highest BCUT2D eigenvalue weighted by Gasteiger charge is 2.33. The maximum Gasteiger partial charge on any atom is 0.264 e. The molecule has 1 N–H and O–H groups in total. The van der Waals surface area contributed by atoms with Crippen LogP contribution in [0.5, 0.6) is 0 Å². The van der Waals surface area contributed by atoms with Crippen molar-refractivity contribution < 1.29 is 13.2 Å². The third-order valence-electron chi connectivity index (χ3n) is 6.03. The van der Waals surface area contributed by atoms with E-state index < -0.39 is 10.0 Å². The summed E-state index contributed by atoms with van der Waals surface area (Å²) in [6.07, 6.45) is 3.74. The van der Waals surface area contributed by atoms with E-state index in [0.29, 0.717) is 42.1 Å². The van der Waals surface area contributed by atoms with Crippen LogP contribution in [-0.4, -0.2) is 36.9 Å². The molecule has 0 unspecified atom stereocenters. The molecule has 0 saturated carbocycles. The van der Waals surface area contributed by atoms with Gasteiger partial charge in [-0.25, -0.2) is 8.42 Å². The lowest BCUT2D eigenvalue weighted by molar-refractivity contribution is 0.0720. The summed E-state index contributed by atoms with van der Waals surface area (Å²) >= 11 is 0. The number of likely N-dealkylation sites (tertiary alicyclic amines) is 1. The largest absolute Gasteiger partial charge is 0.350 e. The fourth-order valence-corrected chi connectivity index (χ4v) is 5.80. The molecule has 1 saturated heterocycles. The van der Waals surface area contributed by atoms with Gasteiger partial charge in [-0.3, -0.25) is 9.52 Å². The molecular formula is C22H31N3O3S. The van der Waals surface area contributed by atoms with E-state index in [0.717, 1.165) is 30.4 Å². The normalized spacial score (nSPS) is 14.9. The smallest absolute Gasteiger partial charge is 0.264 e. The SMILES string of the molecule is CCc1cccc(C)c1NS(=O)(=O)c1c(C(=O)N2CCCCC2)c(C)n(C)c1C. The summed E-state index contributed by atoms with van der Waals surface area (Å²) in [5.41, 5.74) is 3.95. The molecule has 0 atom stereocenters. The molecule has 1 fully saturated rings. The van der Waals surface area contributed by atoms with E-state index in [2.05, 4.69) is 4.72 Å². The van der Waals surface area contributed by atoms with Crippen LogP contribution in [-0.2, 0) is 23.5 Å². The van der Waals surface area contributed by atoms with Gasteiger partial charge >= 0.3 is 0 Å². The van der Waals surface area contributed by atoms with Gasteiger partial charge in [0.2, 0.25) is 0 Å². The van der Waals surface area contributed by atoms with Crippen LogP contribution in [0.4, 0.5) is 5.69 Å². The Morgan fingerprint density at radius 3 is 2.34 bits per heavy atom. The number of hydrogen-bond acceptors (Lipinski definition) is 3. The summed E-state index contributed by atoms with van der Waals surface area (Å²) in [5, 5.41) is 0. The Balaban J connectivity index is 2.10. The summed E-state index contributed by atoms with van der Waals surface area (Å²) in [6, 6.07) is 5.74. The van der Waals surface area contributed by atoms with E-state index in [9.17, 15) is 13.2 Å². The Hall–Kier alpha value is -2.28. The first-order valence-corrected chi connectivity index (χ1v) is 11.7. The zero-order chi connectivity index (χ0) is 21.3. The van der Waals surface area contributed by atoms with Crippen LogP contribution in [0.1, 0.15) is 59.1 Å². The number of sulfonamides is 1. The van der Waals surface area contributed by atoms with Gasteiger partial charge in [0.25, 0.3) is 15.9 Å². The number of hydrogen-bond donors (Lipinski definition) is 1. The Labute approximate surface area is 174 Å². The lowest BCUT2D eigenvalue weighted by Crippen LogP contribution is -2.36. The maximum atomic E-state index is 13.5. The summed E-state index contributed by atoms with van der Waals surface area (Å²) in [6.45, 7) is 8.81. The molecular weight excluding hydrogens is 386 g/mol. The second-order valence-electron chi connectivity index (χ2n) is 7.85. The number of carbonyl (C=O) groups excluding carboxylic acids is 1. The molecule has 2 heterocycles. The topological polar surface area (TPSA) is 71.4 Å². The minimum absolute atomic E-state index is 0.0957. The maximum absolute atomic E-state index is 13.5. The van der Waals surface area contributed by atoms with Crippen molar-refractivity contribution in [2.45, 2.75) is 58.3 Å². The highest BCUT2D eigenvalue weighted by atomic mass is 32.2. The molecule has 2 aromatic rings. The van der Waals surface area contributed by atoms with Gasteiger partial charge in [0.05, 0.1) is 11.3 Å². The van der Waals surface area contributed by atoms with Crippen molar-refractivity contribution in [1.82, 2.24) is 9.47 Å². The number of anilines is 1. The summed E-state index contributed by atoms with van der Waals surface area (Å²) < 4.78 is 31.6. The molecule has 29 heavy (non-hydrogen) atoms. The van der Waals surface area contributed by atoms with Gasteiger partial charge in [0, 0.05) is 31.5 Å². The molecule has 158 valence electrons. The average Bonchev–Trinajstić information content (AvgIpc) is 2.94. The van der Waals surface area contributed by atoms with Crippen LogP contribution >= 0.6 is 0 Å². The van der Waals surface area contributed by atoms with Gasteiger partial charge in [0.1, 0.15) is 4.90 Å². The Morgan fingerprint density at radius 1 is 1.07 bits per heavy atom. The van der Waals surface area contributed by atoms with Crippen LogP contribution in [0.25, 0.3) is 0 Å². The molecule has 0 radical (unpaired) electrons. The number of piperidine rings is 1. The molecule has 1 aromatic heterocycles. The highest BCUT2D eigenvalue weighted by Crippen LogP contribution is 2.31. The summed E-state index contributed by atoms with van der Waals surface area (Å²) in [7, 11) is -2.13.